The number of nitrogens with one attached hydrogen (secondary N) is 1. The van der Waals surface area contributed by atoms with Gasteiger partial charge in [0.1, 0.15) is 5.82 Å². The summed E-state index contributed by atoms with van der Waals surface area (Å²) in [4.78, 5) is 21.4. The maximum absolute atomic E-state index is 12.6. The smallest absolute Gasteiger partial charge is 0.317 e. The molecule has 5 nitrogen and oxygen atoms in total. The van der Waals surface area contributed by atoms with Gasteiger partial charge in [0.2, 0.25) is 0 Å². The summed E-state index contributed by atoms with van der Waals surface area (Å²) >= 11 is 1.96. The highest BCUT2D eigenvalue weighted by Gasteiger charge is 2.30. The van der Waals surface area contributed by atoms with Crippen LogP contribution in [0.1, 0.15) is 32.3 Å². The van der Waals surface area contributed by atoms with Crippen LogP contribution >= 0.6 is 11.8 Å². The van der Waals surface area contributed by atoms with Crippen LogP contribution in [0.2, 0.25) is 0 Å². The van der Waals surface area contributed by atoms with Crippen molar-refractivity contribution in [3.63, 3.8) is 0 Å². The average molecular weight is 349 g/mol. The zero-order chi connectivity index (χ0) is 17.1. The molecule has 6 heteroatoms. The normalized spacial score (nSPS) is 25.6. The fourth-order valence-electron chi connectivity index (χ4n) is 3.38. The van der Waals surface area contributed by atoms with E-state index < -0.39 is 0 Å². The van der Waals surface area contributed by atoms with Crippen LogP contribution < -0.4 is 10.2 Å². The van der Waals surface area contributed by atoms with Gasteiger partial charge in [0.05, 0.1) is 0 Å². The van der Waals surface area contributed by atoms with Gasteiger partial charge in [-0.25, -0.2) is 9.78 Å². The number of carbonyl (C=O) groups is 1. The lowest BCUT2D eigenvalue weighted by atomic mass is 10.1. The van der Waals surface area contributed by atoms with Crippen molar-refractivity contribution in [2.75, 3.05) is 30.3 Å². The van der Waals surface area contributed by atoms with E-state index in [2.05, 4.69) is 48.1 Å². The fourth-order valence-corrected chi connectivity index (χ4v) is 4.48. The molecule has 0 radical (unpaired) electrons. The number of aryl methyl sites for hydroxylation is 1. The van der Waals surface area contributed by atoms with Crippen LogP contribution in [-0.4, -0.2) is 58.6 Å². The standard InChI is InChI=1S/C18H28N4OS/c1-13-4-5-17(19-12-13)21-8-6-16(7-9-21)20-18(23)22-10-11-24-15(3)14(22)2/h4-5,12,14-16H,6-11H2,1-3H3,(H,20,23)/t14-,15+/m1/s1. The summed E-state index contributed by atoms with van der Waals surface area (Å²) in [6, 6.07) is 4.88. The molecule has 3 heterocycles. The molecule has 1 N–H and O–H groups in total. The fraction of sp³-hybridized carbons (Fsp3) is 0.667. The second-order valence-corrected chi connectivity index (χ2v) is 8.40. The van der Waals surface area contributed by atoms with Crippen molar-refractivity contribution < 1.29 is 4.79 Å². The third-order valence-corrected chi connectivity index (χ3v) is 6.53. The van der Waals surface area contributed by atoms with E-state index in [0.29, 0.717) is 11.3 Å². The van der Waals surface area contributed by atoms with Crippen LogP contribution in [0.25, 0.3) is 0 Å². The number of amides is 2. The molecule has 0 aliphatic carbocycles. The zero-order valence-corrected chi connectivity index (χ0v) is 15.7. The van der Waals surface area contributed by atoms with E-state index in [-0.39, 0.29) is 12.1 Å². The van der Waals surface area contributed by atoms with Crippen LogP contribution in [0.3, 0.4) is 0 Å². The molecule has 0 bridgehead atoms. The summed E-state index contributed by atoms with van der Waals surface area (Å²) in [5.41, 5.74) is 1.18. The van der Waals surface area contributed by atoms with Gasteiger partial charge in [-0.15, -0.1) is 0 Å². The van der Waals surface area contributed by atoms with E-state index in [1.807, 2.05) is 22.9 Å². The minimum absolute atomic E-state index is 0.113. The molecule has 2 aliphatic heterocycles. The van der Waals surface area contributed by atoms with Crippen molar-refractivity contribution in [3.05, 3.63) is 23.9 Å². The molecule has 1 aromatic heterocycles. The van der Waals surface area contributed by atoms with Gasteiger partial charge in [-0.2, -0.15) is 11.8 Å². The molecule has 0 aromatic carbocycles. The first-order chi connectivity index (χ1) is 11.5. The molecule has 2 aliphatic rings. The summed E-state index contributed by atoms with van der Waals surface area (Å²) in [5, 5.41) is 3.76. The second kappa shape index (κ2) is 7.64. The lowest BCUT2D eigenvalue weighted by Gasteiger charge is -2.39. The molecule has 2 atom stereocenters. The first kappa shape index (κ1) is 17.4. The monoisotopic (exact) mass is 348 g/mol. The Morgan fingerprint density at radius 2 is 2.00 bits per heavy atom. The average Bonchev–Trinajstić information content (AvgIpc) is 2.59. The number of carbonyl (C=O) groups excluding carboxylic acids is 1. The largest absolute Gasteiger partial charge is 0.356 e. The highest BCUT2D eigenvalue weighted by molar-refractivity contribution is 8.00. The van der Waals surface area contributed by atoms with Crippen molar-refractivity contribution in [2.24, 2.45) is 0 Å². The summed E-state index contributed by atoms with van der Waals surface area (Å²) in [7, 11) is 0. The molecular weight excluding hydrogens is 320 g/mol. The topological polar surface area (TPSA) is 48.5 Å². The Morgan fingerprint density at radius 3 is 2.67 bits per heavy atom. The Labute approximate surface area is 149 Å². The Hall–Kier alpha value is -1.43. The van der Waals surface area contributed by atoms with Crippen molar-refractivity contribution in [2.45, 2.75) is 50.9 Å². The number of rotatable bonds is 2. The molecule has 132 valence electrons. The van der Waals surface area contributed by atoms with Gasteiger partial charge in [0.15, 0.2) is 0 Å². The van der Waals surface area contributed by atoms with Gasteiger partial charge >= 0.3 is 6.03 Å². The number of hydrogen-bond donors (Lipinski definition) is 1. The van der Waals surface area contributed by atoms with Gasteiger partial charge in [0, 0.05) is 48.9 Å². The summed E-state index contributed by atoms with van der Waals surface area (Å²) in [5.74, 6) is 2.08. The van der Waals surface area contributed by atoms with E-state index in [1.165, 1.54) is 5.56 Å². The second-order valence-electron chi connectivity index (χ2n) is 6.91. The Kier molecular flexibility index (Phi) is 5.54. The van der Waals surface area contributed by atoms with Gasteiger partial charge in [0.25, 0.3) is 0 Å². The Bertz CT molecular complexity index is 557. The predicted molar refractivity (Wildman–Crippen MR) is 101 cm³/mol. The van der Waals surface area contributed by atoms with Gasteiger partial charge in [-0.3, -0.25) is 0 Å². The van der Waals surface area contributed by atoms with E-state index in [9.17, 15) is 4.79 Å². The predicted octanol–water partition coefficient (Wildman–Crippen LogP) is 2.89. The minimum Gasteiger partial charge on any atom is -0.356 e. The van der Waals surface area contributed by atoms with Crippen LogP contribution in [0.4, 0.5) is 10.6 Å². The zero-order valence-electron chi connectivity index (χ0n) is 14.9. The van der Waals surface area contributed by atoms with E-state index in [4.69, 9.17) is 0 Å². The maximum atomic E-state index is 12.6. The van der Waals surface area contributed by atoms with E-state index in [1.54, 1.807) is 0 Å². The number of nitrogens with zero attached hydrogens (tertiary/aromatic N) is 3. The minimum atomic E-state index is 0.113. The highest BCUT2D eigenvalue weighted by Crippen LogP contribution is 2.24. The molecule has 0 spiro atoms. The molecular formula is C18H28N4OS. The highest BCUT2D eigenvalue weighted by atomic mass is 32.2. The molecule has 2 saturated heterocycles. The summed E-state index contributed by atoms with van der Waals surface area (Å²) in [6.07, 6.45) is 3.88. The van der Waals surface area contributed by atoms with Crippen LogP contribution in [0.5, 0.6) is 0 Å². The van der Waals surface area contributed by atoms with Crippen LogP contribution in [-0.2, 0) is 0 Å². The number of pyridine rings is 1. The molecule has 2 amide bonds. The van der Waals surface area contributed by atoms with Crippen molar-refractivity contribution in [1.82, 2.24) is 15.2 Å². The number of thioether (sulfide) groups is 1. The van der Waals surface area contributed by atoms with Crippen LogP contribution in [0, 0.1) is 6.92 Å². The molecule has 0 saturated carbocycles. The number of anilines is 1. The van der Waals surface area contributed by atoms with E-state index >= 15 is 0 Å². The third-order valence-electron chi connectivity index (χ3n) is 5.19. The SMILES string of the molecule is Cc1ccc(N2CCC(NC(=O)N3CCS[C@@H](C)[C@H]3C)CC2)nc1. The van der Waals surface area contributed by atoms with Crippen molar-refractivity contribution in [1.29, 1.82) is 0 Å². The quantitative estimate of drug-likeness (QED) is 0.893. The number of urea groups is 1. The molecule has 2 fully saturated rings. The first-order valence-electron chi connectivity index (χ1n) is 8.91. The first-order valence-corrected chi connectivity index (χ1v) is 9.96. The maximum Gasteiger partial charge on any atom is 0.317 e. The lowest BCUT2D eigenvalue weighted by Crippen LogP contribution is -2.55. The number of aromatic nitrogens is 1. The molecule has 0 unspecified atom stereocenters. The lowest BCUT2D eigenvalue weighted by molar-refractivity contribution is 0.174. The van der Waals surface area contributed by atoms with Gasteiger partial charge in [-0.05, 0) is 38.3 Å². The summed E-state index contributed by atoms with van der Waals surface area (Å²) < 4.78 is 0. The van der Waals surface area contributed by atoms with Crippen molar-refractivity contribution in [3.8, 4) is 0 Å². The Balaban J connectivity index is 1.50. The third kappa shape index (κ3) is 3.97. The Morgan fingerprint density at radius 1 is 1.25 bits per heavy atom. The molecule has 24 heavy (non-hydrogen) atoms. The van der Waals surface area contributed by atoms with Gasteiger partial charge < -0.3 is 15.1 Å². The number of piperidine rings is 1. The molecule has 3 rings (SSSR count). The summed E-state index contributed by atoms with van der Waals surface area (Å²) in [6.45, 7) is 9.17. The van der Waals surface area contributed by atoms with Crippen molar-refractivity contribution >= 4 is 23.6 Å². The van der Waals surface area contributed by atoms with Gasteiger partial charge in [-0.1, -0.05) is 13.0 Å². The van der Waals surface area contributed by atoms with E-state index in [0.717, 1.165) is 44.0 Å². The molecule has 1 aromatic rings. The van der Waals surface area contributed by atoms with Crippen LogP contribution in [0.15, 0.2) is 18.3 Å². The number of hydrogen-bond acceptors (Lipinski definition) is 4.